The molecule has 1 fully saturated rings. The summed E-state index contributed by atoms with van der Waals surface area (Å²) in [5.41, 5.74) is 1.57. The number of benzene rings is 1. The van der Waals surface area contributed by atoms with Crippen LogP contribution >= 0.6 is 0 Å². The summed E-state index contributed by atoms with van der Waals surface area (Å²) in [5.74, 6) is 0.216. The number of rotatable bonds is 3. The Morgan fingerprint density at radius 1 is 1.28 bits per heavy atom. The number of anilines is 2. The Hall–Kier alpha value is -2.97. The van der Waals surface area contributed by atoms with Gasteiger partial charge in [0.2, 0.25) is 0 Å². The van der Waals surface area contributed by atoms with Crippen LogP contribution in [0, 0.1) is 0 Å². The molecule has 8 heteroatoms. The highest BCUT2D eigenvalue weighted by Crippen LogP contribution is 2.43. The first kappa shape index (κ1) is 15.6. The van der Waals surface area contributed by atoms with E-state index in [4.69, 9.17) is 4.74 Å². The molecule has 1 saturated heterocycles. The molecule has 0 spiro atoms. The standard InChI is InChI=1S/C17H16N4O4/c22-8-10-9-25-16-14-11(15(23)21(10)16)4-3-5-12(14)19-17(24)20-13-6-1-2-7-18-13/h1-7,10,16,22H,8-9H2,(H2,18,19,20,24). The van der Waals surface area contributed by atoms with E-state index >= 15 is 0 Å². The van der Waals surface area contributed by atoms with E-state index in [1.165, 1.54) is 4.90 Å². The summed E-state index contributed by atoms with van der Waals surface area (Å²) in [6, 6.07) is 9.45. The first-order valence-electron chi connectivity index (χ1n) is 7.86. The van der Waals surface area contributed by atoms with Crippen LogP contribution in [0.2, 0.25) is 0 Å². The van der Waals surface area contributed by atoms with Crippen LogP contribution in [0.25, 0.3) is 0 Å². The zero-order valence-corrected chi connectivity index (χ0v) is 13.2. The van der Waals surface area contributed by atoms with Crippen LogP contribution in [0.4, 0.5) is 16.3 Å². The molecule has 128 valence electrons. The number of pyridine rings is 1. The van der Waals surface area contributed by atoms with Gasteiger partial charge in [0.25, 0.3) is 5.91 Å². The predicted octanol–water partition coefficient (Wildman–Crippen LogP) is 1.57. The van der Waals surface area contributed by atoms with E-state index in [1.807, 2.05) is 0 Å². The van der Waals surface area contributed by atoms with Crippen LogP contribution in [0.1, 0.15) is 22.1 Å². The average Bonchev–Trinajstić information content (AvgIpc) is 3.16. The molecule has 2 unspecified atom stereocenters. The van der Waals surface area contributed by atoms with Crippen LogP contribution in [0.5, 0.6) is 0 Å². The fraction of sp³-hybridized carbons (Fsp3) is 0.235. The minimum Gasteiger partial charge on any atom is -0.394 e. The zero-order chi connectivity index (χ0) is 17.4. The highest BCUT2D eigenvalue weighted by atomic mass is 16.5. The number of carbonyl (C=O) groups is 2. The third kappa shape index (κ3) is 2.61. The maximum Gasteiger partial charge on any atom is 0.324 e. The van der Waals surface area contributed by atoms with Crippen molar-refractivity contribution in [1.29, 1.82) is 0 Å². The van der Waals surface area contributed by atoms with E-state index in [0.717, 1.165) is 0 Å². The number of hydrogen-bond acceptors (Lipinski definition) is 5. The number of aromatic nitrogens is 1. The normalized spacial score (nSPS) is 21.0. The highest BCUT2D eigenvalue weighted by Gasteiger charge is 2.47. The van der Waals surface area contributed by atoms with Crippen LogP contribution in [-0.2, 0) is 4.74 Å². The lowest BCUT2D eigenvalue weighted by Gasteiger charge is -2.20. The Morgan fingerprint density at radius 2 is 2.16 bits per heavy atom. The lowest BCUT2D eigenvalue weighted by Crippen LogP contribution is -2.36. The molecule has 1 aromatic heterocycles. The second-order valence-corrected chi connectivity index (χ2v) is 5.80. The van der Waals surface area contributed by atoms with Crippen molar-refractivity contribution in [2.45, 2.75) is 12.3 Å². The Morgan fingerprint density at radius 3 is 2.92 bits per heavy atom. The number of fused-ring (bicyclic) bond motifs is 3. The molecule has 2 aliphatic heterocycles. The van der Waals surface area contributed by atoms with Crippen molar-refractivity contribution in [3.8, 4) is 0 Å². The second-order valence-electron chi connectivity index (χ2n) is 5.80. The summed E-state index contributed by atoms with van der Waals surface area (Å²) in [4.78, 5) is 30.4. The summed E-state index contributed by atoms with van der Waals surface area (Å²) in [6.45, 7) is 0.0972. The molecule has 2 aliphatic rings. The van der Waals surface area contributed by atoms with Crippen molar-refractivity contribution in [3.63, 3.8) is 0 Å². The molecule has 0 saturated carbocycles. The van der Waals surface area contributed by atoms with Crippen molar-refractivity contribution in [3.05, 3.63) is 53.7 Å². The van der Waals surface area contributed by atoms with Gasteiger partial charge in [-0.05, 0) is 24.3 Å². The Kier molecular flexibility index (Phi) is 3.83. The number of nitrogens with one attached hydrogen (secondary N) is 2. The molecule has 25 heavy (non-hydrogen) atoms. The zero-order valence-electron chi connectivity index (χ0n) is 13.2. The number of amides is 3. The summed E-state index contributed by atoms with van der Waals surface area (Å²) in [5, 5.41) is 14.8. The first-order valence-corrected chi connectivity index (χ1v) is 7.86. The highest BCUT2D eigenvalue weighted by molar-refractivity contribution is 6.05. The SMILES string of the molecule is O=C(Nc1ccccn1)Nc1cccc2c1C1OCC(CO)N1C2=O. The van der Waals surface area contributed by atoms with Gasteiger partial charge in [-0.25, -0.2) is 9.78 Å². The summed E-state index contributed by atoms with van der Waals surface area (Å²) < 4.78 is 5.68. The predicted molar refractivity (Wildman–Crippen MR) is 89.1 cm³/mol. The van der Waals surface area contributed by atoms with Gasteiger partial charge in [0.15, 0.2) is 6.23 Å². The Balaban J connectivity index is 1.59. The van der Waals surface area contributed by atoms with Crippen LogP contribution in [0.3, 0.4) is 0 Å². The van der Waals surface area contributed by atoms with E-state index in [1.54, 1.807) is 42.6 Å². The topological polar surface area (TPSA) is 104 Å². The number of carbonyl (C=O) groups excluding carboxylic acids is 2. The maximum atomic E-state index is 12.6. The van der Waals surface area contributed by atoms with Gasteiger partial charge in [-0.1, -0.05) is 12.1 Å². The molecular weight excluding hydrogens is 324 g/mol. The van der Waals surface area contributed by atoms with Crippen LogP contribution < -0.4 is 10.6 Å². The molecule has 1 aromatic carbocycles. The molecule has 4 rings (SSSR count). The molecular formula is C17H16N4O4. The molecule has 3 amide bonds. The average molecular weight is 340 g/mol. The number of ether oxygens (including phenoxy) is 1. The van der Waals surface area contributed by atoms with Crippen LogP contribution in [-0.4, -0.2) is 46.2 Å². The quantitative estimate of drug-likeness (QED) is 0.787. The fourth-order valence-corrected chi connectivity index (χ4v) is 3.16. The summed E-state index contributed by atoms with van der Waals surface area (Å²) >= 11 is 0. The van der Waals surface area contributed by atoms with Gasteiger partial charge in [-0.2, -0.15) is 0 Å². The third-order valence-corrected chi connectivity index (χ3v) is 4.28. The smallest absolute Gasteiger partial charge is 0.324 e. The lowest BCUT2D eigenvalue weighted by atomic mass is 10.1. The Bertz CT molecular complexity index is 827. The van der Waals surface area contributed by atoms with E-state index in [0.29, 0.717) is 22.6 Å². The fourth-order valence-electron chi connectivity index (χ4n) is 3.16. The van der Waals surface area contributed by atoms with Gasteiger partial charge in [0, 0.05) is 17.3 Å². The van der Waals surface area contributed by atoms with Crippen molar-refractivity contribution < 1.29 is 19.4 Å². The maximum absolute atomic E-state index is 12.6. The van der Waals surface area contributed by atoms with Gasteiger partial charge in [0.05, 0.1) is 24.9 Å². The third-order valence-electron chi connectivity index (χ3n) is 4.28. The van der Waals surface area contributed by atoms with Gasteiger partial charge in [0.1, 0.15) is 5.82 Å². The van der Waals surface area contributed by atoms with E-state index in [-0.39, 0.29) is 25.2 Å². The lowest BCUT2D eigenvalue weighted by molar-refractivity contribution is 0.0334. The van der Waals surface area contributed by atoms with Crippen molar-refractivity contribution in [1.82, 2.24) is 9.88 Å². The van der Waals surface area contributed by atoms with Gasteiger partial charge in [-0.15, -0.1) is 0 Å². The molecule has 3 N–H and O–H groups in total. The van der Waals surface area contributed by atoms with Crippen molar-refractivity contribution in [2.75, 3.05) is 23.8 Å². The van der Waals surface area contributed by atoms with Gasteiger partial charge < -0.3 is 20.1 Å². The Labute approximate surface area is 143 Å². The van der Waals surface area contributed by atoms with E-state index in [2.05, 4.69) is 15.6 Å². The number of urea groups is 1. The first-order chi connectivity index (χ1) is 12.2. The molecule has 3 heterocycles. The summed E-state index contributed by atoms with van der Waals surface area (Å²) in [7, 11) is 0. The largest absolute Gasteiger partial charge is 0.394 e. The number of aliphatic hydroxyl groups is 1. The molecule has 0 radical (unpaired) electrons. The van der Waals surface area contributed by atoms with Crippen molar-refractivity contribution >= 4 is 23.4 Å². The van der Waals surface area contributed by atoms with Gasteiger partial charge in [-0.3, -0.25) is 10.1 Å². The minimum absolute atomic E-state index is 0.168. The molecule has 2 atom stereocenters. The minimum atomic E-state index is -0.592. The second kappa shape index (κ2) is 6.15. The molecule has 0 bridgehead atoms. The molecule has 0 aliphatic carbocycles. The van der Waals surface area contributed by atoms with E-state index < -0.39 is 12.3 Å². The van der Waals surface area contributed by atoms with Crippen LogP contribution in [0.15, 0.2) is 42.6 Å². The van der Waals surface area contributed by atoms with Gasteiger partial charge >= 0.3 is 6.03 Å². The number of nitrogens with zero attached hydrogens (tertiary/aromatic N) is 2. The monoisotopic (exact) mass is 340 g/mol. The number of hydrogen-bond donors (Lipinski definition) is 3. The van der Waals surface area contributed by atoms with E-state index in [9.17, 15) is 14.7 Å². The number of aliphatic hydroxyl groups excluding tert-OH is 1. The van der Waals surface area contributed by atoms with Crippen molar-refractivity contribution in [2.24, 2.45) is 0 Å². The molecule has 8 nitrogen and oxygen atoms in total. The summed E-state index contributed by atoms with van der Waals surface area (Å²) in [6.07, 6.45) is 0.985. The molecule has 2 aromatic rings.